The van der Waals surface area contributed by atoms with Crippen molar-refractivity contribution in [1.82, 2.24) is 14.7 Å². The van der Waals surface area contributed by atoms with Gasteiger partial charge in [0, 0.05) is 28.9 Å². The lowest BCUT2D eigenvalue weighted by Crippen LogP contribution is -2.23. The second-order valence-electron chi connectivity index (χ2n) is 5.01. The second-order valence-corrected chi connectivity index (χ2v) is 5.89. The molecule has 120 valence electrons. The fraction of sp³-hybridized carbons (Fsp3) is 0.250. The number of rotatable bonds is 5. The van der Waals surface area contributed by atoms with Crippen LogP contribution >= 0.6 is 11.3 Å². The van der Waals surface area contributed by atoms with E-state index in [0.29, 0.717) is 23.6 Å². The standard InChI is InChI=1S/C16H17N3O3S/c1-10-13(21-2)6-11(7-14(10)22-3)15(20)17-8-12-9-19-4-5-23-16(19)18-12/h4-7,9H,8H2,1-3H3,(H,17,20). The minimum Gasteiger partial charge on any atom is -0.496 e. The Labute approximate surface area is 137 Å². The third-order valence-corrected chi connectivity index (χ3v) is 4.36. The molecule has 0 unspecified atom stereocenters. The van der Waals surface area contributed by atoms with E-state index in [-0.39, 0.29) is 5.91 Å². The summed E-state index contributed by atoms with van der Waals surface area (Å²) in [7, 11) is 3.14. The van der Waals surface area contributed by atoms with E-state index in [1.807, 2.05) is 29.1 Å². The predicted octanol–water partition coefficient (Wildman–Crippen LogP) is 2.65. The zero-order valence-corrected chi connectivity index (χ0v) is 13.9. The number of nitrogens with zero attached hydrogens (tertiary/aromatic N) is 2. The Bertz CT molecular complexity index is 800. The van der Waals surface area contributed by atoms with Gasteiger partial charge in [-0.25, -0.2) is 4.98 Å². The normalized spacial score (nSPS) is 10.7. The highest BCUT2D eigenvalue weighted by Gasteiger charge is 2.14. The van der Waals surface area contributed by atoms with Crippen molar-refractivity contribution in [3.8, 4) is 11.5 Å². The number of hydrogen-bond acceptors (Lipinski definition) is 5. The Hall–Kier alpha value is -2.54. The number of ether oxygens (including phenoxy) is 2. The first-order valence-electron chi connectivity index (χ1n) is 7.04. The van der Waals surface area contributed by atoms with Crippen molar-refractivity contribution in [2.24, 2.45) is 0 Å². The summed E-state index contributed by atoms with van der Waals surface area (Å²) in [5.41, 5.74) is 2.17. The molecule has 0 saturated carbocycles. The minimum absolute atomic E-state index is 0.196. The maximum atomic E-state index is 12.4. The molecule has 0 radical (unpaired) electrons. The number of methoxy groups -OCH3 is 2. The lowest BCUT2D eigenvalue weighted by atomic mass is 10.1. The largest absolute Gasteiger partial charge is 0.496 e. The summed E-state index contributed by atoms with van der Waals surface area (Å²) in [5.74, 6) is 1.05. The maximum absolute atomic E-state index is 12.4. The van der Waals surface area contributed by atoms with Crippen LogP contribution < -0.4 is 14.8 Å². The highest BCUT2D eigenvalue weighted by Crippen LogP contribution is 2.29. The zero-order valence-electron chi connectivity index (χ0n) is 13.1. The molecule has 2 aromatic heterocycles. The van der Waals surface area contributed by atoms with E-state index in [1.165, 1.54) is 0 Å². The molecule has 0 spiro atoms. The molecule has 3 rings (SSSR count). The smallest absolute Gasteiger partial charge is 0.251 e. The van der Waals surface area contributed by atoms with Crippen molar-refractivity contribution in [3.63, 3.8) is 0 Å². The van der Waals surface area contributed by atoms with Crippen molar-refractivity contribution >= 4 is 22.2 Å². The fourth-order valence-corrected chi connectivity index (χ4v) is 3.07. The number of amides is 1. The molecule has 3 aromatic rings. The molecule has 0 saturated heterocycles. The lowest BCUT2D eigenvalue weighted by molar-refractivity contribution is 0.0949. The Morgan fingerprint density at radius 3 is 2.61 bits per heavy atom. The molecule has 0 bridgehead atoms. The molecule has 0 aliphatic heterocycles. The number of imidazole rings is 1. The van der Waals surface area contributed by atoms with Gasteiger partial charge in [-0.05, 0) is 19.1 Å². The summed E-state index contributed by atoms with van der Waals surface area (Å²) < 4.78 is 12.5. The average molecular weight is 331 g/mol. The van der Waals surface area contributed by atoms with Crippen molar-refractivity contribution in [1.29, 1.82) is 0 Å². The van der Waals surface area contributed by atoms with E-state index in [9.17, 15) is 4.79 Å². The number of hydrogen-bond donors (Lipinski definition) is 1. The molecule has 23 heavy (non-hydrogen) atoms. The van der Waals surface area contributed by atoms with Gasteiger partial charge in [-0.15, -0.1) is 11.3 Å². The molecule has 1 aromatic carbocycles. The molecular weight excluding hydrogens is 314 g/mol. The molecule has 1 amide bonds. The molecule has 0 atom stereocenters. The SMILES string of the molecule is COc1cc(C(=O)NCc2cn3ccsc3n2)cc(OC)c1C. The summed E-state index contributed by atoms with van der Waals surface area (Å²) in [6, 6.07) is 3.41. The Morgan fingerprint density at radius 2 is 2.00 bits per heavy atom. The molecule has 0 aliphatic rings. The lowest BCUT2D eigenvalue weighted by Gasteiger charge is -2.12. The average Bonchev–Trinajstić information content (AvgIpc) is 3.14. The number of nitrogens with one attached hydrogen (secondary N) is 1. The first kappa shape index (κ1) is 15.4. The highest BCUT2D eigenvalue weighted by molar-refractivity contribution is 7.15. The number of fused-ring (bicyclic) bond motifs is 1. The Balaban J connectivity index is 1.76. The first-order chi connectivity index (χ1) is 11.1. The number of benzene rings is 1. The number of carbonyl (C=O) groups excluding carboxylic acids is 1. The number of carbonyl (C=O) groups is 1. The van der Waals surface area contributed by atoms with Gasteiger partial charge in [0.1, 0.15) is 11.5 Å². The third kappa shape index (κ3) is 3.00. The van der Waals surface area contributed by atoms with E-state index in [4.69, 9.17) is 9.47 Å². The molecule has 2 heterocycles. The molecule has 1 N–H and O–H groups in total. The summed E-state index contributed by atoms with van der Waals surface area (Å²) >= 11 is 1.56. The van der Waals surface area contributed by atoms with E-state index in [1.54, 1.807) is 37.7 Å². The van der Waals surface area contributed by atoms with Crippen molar-refractivity contribution in [2.45, 2.75) is 13.5 Å². The van der Waals surface area contributed by atoms with Crippen LogP contribution in [0.25, 0.3) is 4.96 Å². The minimum atomic E-state index is -0.196. The van der Waals surface area contributed by atoms with Gasteiger partial charge < -0.3 is 14.8 Å². The van der Waals surface area contributed by atoms with Crippen molar-refractivity contribution < 1.29 is 14.3 Å². The van der Waals surface area contributed by atoms with Gasteiger partial charge in [-0.1, -0.05) is 0 Å². The molecule has 0 aliphatic carbocycles. The quantitative estimate of drug-likeness (QED) is 0.780. The van der Waals surface area contributed by atoms with Crippen molar-refractivity contribution in [3.05, 3.63) is 46.7 Å². The predicted molar refractivity (Wildman–Crippen MR) is 88.5 cm³/mol. The van der Waals surface area contributed by atoms with Gasteiger partial charge >= 0.3 is 0 Å². The highest BCUT2D eigenvalue weighted by atomic mass is 32.1. The molecule has 6 nitrogen and oxygen atoms in total. The summed E-state index contributed by atoms with van der Waals surface area (Å²) in [6.45, 7) is 2.25. The molecule has 7 heteroatoms. The Morgan fingerprint density at radius 1 is 1.30 bits per heavy atom. The summed E-state index contributed by atoms with van der Waals surface area (Å²) in [6.07, 6.45) is 3.84. The zero-order chi connectivity index (χ0) is 16.4. The van der Waals surface area contributed by atoms with Crippen LogP contribution in [0.15, 0.2) is 29.9 Å². The van der Waals surface area contributed by atoms with E-state index in [2.05, 4.69) is 10.3 Å². The molecular formula is C16H17N3O3S. The van der Waals surface area contributed by atoms with Crippen LogP contribution in [0, 0.1) is 6.92 Å². The summed E-state index contributed by atoms with van der Waals surface area (Å²) in [5, 5.41) is 4.83. The van der Waals surface area contributed by atoms with Crippen LogP contribution in [0.1, 0.15) is 21.6 Å². The number of thiazole rings is 1. The van der Waals surface area contributed by atoms with E-state index >= 15 is 0 Å². The number of aromatic nitrogens is 2. The van der Waals surface area contributed by atoms with E-state index < -0.39 is 0 Å². The van der Waals surface area contributed by atoms with E-state index in [0.717, 1.165) is 16.2 Å². The summed E-state index contributed by atoms with van der Waals surface area (Å²) in [4.78, 5) is 17.7. The second kappa shape index (κ2) is 6.29. The van der Waals surface area contributed by atoms with Crippen LogP contribution in [0.5, 0.6) is 11.5 Å². The van der Waals surface area contributed by atoms with Crippen LogP contribution in [-0.4, -0.2) is 29.5 Å². The Kier molecular flexibility index (Phi) is 4.20. The van der Waals surface area contributed by atoms with Crippen molar-refractivity contribution in [2.75, 3.05) is 14.2 Å². The van der Waals surface area contributed by atoms with Crippen LogP contribution in [0.3, 0.4) is 0 Å². The van der Waals surface area contributed by atoms with Crippen LogP contribution in [0.2, 0.25) is 0 Å². The van der Waals surface area contributed by atoms with Gasteiger partial charge in [-0.3, -0.25) is 9.20 Å². The molecule has 0 fully saturated rings. The monoisotopic (exact) mass is 331 g/mol. The first-order valence-corrected chi connectivity index (χ1v) is 7.92. The third-order valence-electron chi connectivity index (χ3n) is 3.59. The van der Waals surface area contributed by atoms with Gasteiger partial charge in [0.05, 0.1) is 26.5 Å². The van der Waals surface area contributed by atoms with Gasteiger partial charge in [0.2, 0.25) is 0 Å². The maximum Gasteiger partial charge on any atom is 0.251 e. The fourth-order valence-electron chi connectivity index (χ4n) is 2.35. The van der Waals surface area contributed by atoms with Crippen LogP contribution in [-0.2, 0) is 6.54 Å². The van der Waals surface area contributed by atoms with Gasteiger partial charge in [-0.2, -0.15) is 0 Å². The van der Waals surface area contributed by atoms with Crippen LogP contribution in [0.4, 0.5) is 0 Å². The van der Waals surface area contributed by atoms with Gasteiger partial charge in [0.15, 0.2) is 4.96 Å². The van der Waals surface area contributed by atoms with Gasteiger partial charge in [0.25, 0.3) is 5.91 Å². The topological polar surface area (TPSA) is 64.9 Å².